The van der Waals surface area contributed by atoms with Crippen LogP contribution in [0.25, 0.3) is 5.69 Å². The first-order chi connectivity index (χ1) is 14.2. The Hall–Kier alpha value is -3.37. The van der Waals surface area contributed by atoms with Crippen LogP contribution in [-0.2, 0) is 0 Å². The summed E-state index contributed by atoms with van der Waals surface area (Å²) in [4.78, 5) is 23.9. The minimum Gasteiger partial charge on any atom is -0.381 e. The van der Waals surface area contributed by atoms with Crippen LogP contribution in [0.2, 0.25) is 0 Å². The van der Waals surface area contributed by atoms with Gasteiger partial charge in [0.15, 0.2) is 0 Å². The molecule has 10 heteroatoms. The van der Waals surface area contributed by atoms with E-state index in [1.54, 1.807) is 11.0 Å². The maximum atomic E-state index is 12.2. The quantitative estimate of drug-likeness (QED) is 0.448. The second-order valence-corrected chi connectivity index (χ2v) is 6.98. The number of nitrogens with one attached hydrogen (secondary N) is 3. The average molecular weight is 393 g/mol. The van der Waals surface area contributed by atoms with Gasteiger partial charge >= 0.3 is 0 Å². The molecule has 10 nitrogen and oxygen atoms in total. The van der Waals surface area contributed by atoms with E-state index < -0.39 is 0 Å². The lowest BCUT2D eigenvalue weighted by atomic mass is 9.86. The first-order valence-electron chi connectivity index (χ1n) is 9.49. The molecule has 3 atom stereocenters. The normalized spacial score (nSPS) is 21.5. The first-order valence-corrected chi connectivity index (χ1v) is 9.49. The number of benzene rings is 1. The average Bonchev–Trinajstić information content (AvgIpc) is 3.30. The molecule has 3 aromatic rings. The highest BCUT2D eigenvalue weighted by molar-refractivity contribution is 5.93. The second kappa shape index (κ2) is 8.76. The number of carbonyl (C=O) groups is 1. The third-order valence-corrected chi connectivity index (χ3v) is 5.03. The lowest BCUT2D eigenvalue weighted by Crippen LogP contribution is -2.60. The lowest BCUT2D eigenvalue weighted by Gasteiger charge is -2.37. The van der Waals surface area contributed by atoms with E-state index in [-0.39, 0.29) is 24.0 Å². The van der Waals surface area contributed by atoms with E-state index in [0.29, 0.717) is 5.56 Å². The van der Waals surface area contributed by atoms with Gasteiger partial charge in [0.2, 0.25) is 0 Å². The van der Waals surface area contributed by atoms with Crippen molar-refractivity contribution in [3.8, 4) is 5.69 Å². The number of amides is 1. The topological polar surface area (TPSA) is 136 Å². The van der Waals surface area contributed by atoms with Gasteiger partial charge in [-0.15, -0.1) is 0 Å². The molecule has 5 N–H and O–H groups in total. The predicted octanol–water partition coefficient (Wildman–Crippen LogP) is 0.652. The molecule has 1 aliphatic rings. The highest BCUT2D eigenvalue weighted by Gasteiger charge is 2.30. The number of hydrogen-bond acceptors (Lipinski definition) is 8. The summed E-state index contributed by atoms with van der Waals surface area (Å²) in [5.74, 6) is -0.284. The molecule has 0 saturated heterocycles. The van der Waals surface area contributed by atoms with E-state index in [2.05, 4.69) is 36.2 Å². The molecule has 0 spiro atoms. The van der Waals surface area contributed by atoms with Crippen LogP contribution in [0.1, 0.15) is 29.6 Å². The van der Waals surface area contributed by atoms with E-state index in [9.17, 15) is 4.79 Å². The summed E-state index contributed by atoms with van der Waals surface area (Å²) in [6.45, 7) is 0. The van der Waals surface area contributed by atoms with Crippen LogP contribution >= 0.6 is 0 Å². The molecule has 0 bridgehead atoms. The molecule has 29 heavy (non-hydrogen) atoms. The number of carbonyl (C=O) groups excluding carboxylic acids is 1. The van der Waals surface area contributed by atoms with E-state index in [1.807, 2.05) is 24.3 Å². The van der Waals surface area contributed by atoms with Crippen molar-refractivity contribution in [3.05, 3.63) is 61.2 Å². The Bertz CT molecular complexity index is 932. The molecule has 0 aliphatic heterocycles. The van der Waals surface area contributed by atoms with Gasteiger partial charge in [-0.05, 0) is 37.5 Å². The Labute approximate surface area is 167 Å². The van der Waals surface area contributed by atoms with Crippen molar-refractivity contribution in [1.29, 1.82) is 0 Å². The lowest BCUT2D eigenvalue weighted by molar-refractivity contribution is 0.0915. The SMILES string of the molecule is NC1C(NNC(=O)c2cncnc2)CCCC1Nc1cccc(-n2cncn2)c1. The van der Waals surface area contributed by atoms with Gasteiger partial charge in [-0.2, -0.15) is 5.10 Å². The zero-order chi connectivity index (χ0) is 20.1. The summed E-state index contributed by atoms with van der Waals surface area (Å²) in [5.41, 5.74) is 14.6. The van der Waals surface area contributed by atoms with E-state index in [4.69, 9.17) is 5.73 Å². The third kappa shape index (κ3) is 4.55. The van der Waals surface area contributed by atoms with Crippen molar-refractivity contribution in [2.24, 2.45) is 5.73 Å². The molecule has 2 aromatic heterocycles. The summed E-state index contributed by atoms with van der Waals surface area (Å²) < 4.78 is 1.71. The van der Waals surface area contributed by atoms with Gasteiger partial charge in [0.05, 0.1) is 11.3 Å². The molecule has 1 saturated carbocycles. The van der Waals surface area contributed by atoms with Crippen LogP contribution in [0.4, 0.5) is 5.69 Å². The van der Waals surface area contributed by atoms with Gasteiger partial charge < -0.3 is 11.1 Å². The van der Waals surface area contributed by atoms with Crippen LogP contribution in [-0.4, -0.2) is 48.8 Å². The van der Waals surface area contributed by atoms with E-state index in [0.717, 1.165) is 30.6 Å². The highest BCUT2D eigenvalue weighted by Crippen LogP contribution is 2.23. The van der Waals surface area contributed by atoms with Gasteiger partial charge in [0, 0.05) is 36.2 Å². The fraction of sp³-hybridized carbons (Fsp3) is 0.316. The molecule has 1 aliphatic carbocycles. The molecule has 1 fully saturated rings. The fourth-order valence-corrected chi connectivity index (χ4v) is 3.50. The zero-order valence-corrected chi connectivity index (χ0v) is 15.8. The molecule has 3 unspecified atom stereocenters. The maximum Gasteiger partial charge on any atom is 0.268 e. The summed E-state index contributed by atoms with van der Waals surface area (Å²) in [7, 11) is 0. The first kappa shape index (κ1) is 19.0. The van der Waals surface area contributed by atoms with Gasteiger partial charge in [0.25, 0.3) is 5.91 Å². The van der Waals surface area contributed by atoms with Gasteiger partial charge in [-0.3, -0.25) is 10.2 Å². The molecular weight excluding hydrogens is 370 g/mol. The molecular formula is C19H23N9O. The molecule has 2 heterocycles. The van der Waals surface area contributed by atoms with Crippen molar-refractivity contribution in [3.63, 3.8) is 0 Å². The molecule has 0 radical (unpaired) electrons. The number of hydrazine groups is 1. The van der Waals surface area contributed by atoms with Crippen molar-refractivity contribution < 1.29 is 4.79 Å². The smallest absolute Gasteiger partial charge is 0.268 e. The molecule has 1 aromatic carbocycles. The number of aromatic nitrogens is 5. The van der Waals surface area contributed by atoms with E-state index in [1.165, 1.54) is 25.0 Å². The Kier molecular flexibility index (Phi) is 5.73. The molecule has 1 amide bonds. The summed E-state index contributed by atoms with van der Waals surface area (Å²) >= 11 is 0. The van der Waals surface area contributed by atoms with Crippen LogP contribution in [0.3, 0.4) is 0 Å². The number of hydrogen-bond donors (Lipinski definition) is 4. The third-order valence-electron chi connectivity index (χ3n) is 5.03. The number of rotatable bonds is 6. The molecule has 150 valence electrons. The second-order valence-electron chi connectivity index (χ2n) is 6.98. The Balaban J connectivity index is 1.37. The standard InChI is InChI=1S/C19H23N9O/c20-18-16(25-14-3-1-4-15(7-14)28-12-23-11-24-28)5-2-6-17(18)26-27-19(29)13-8-21-10-22-9-13/h1,3-4,7-12,16-18,25-26H,2,5-6,20H2,(H,27,29). The largest absolute Gasteiger partial charge is 0.381 e. The maximum absolute atomic E-state index is 12.2. The fourth-order valence-electron chi connectivity index (χ4n) is 3.50. The minimum atomic E-state index is -0.284. The number of nitrogens with two attached hydrogens (primary N) is 1. The van der Waals surface area contributed by atoms with Gasteiger partial charge in [-0.25, -0.2) is 25.1 Å². The summed E-state index contributed by atoms with van der Waals surface area (Å²) in [6.07, 6.45) is 10.3. The van der Waals surface area contributed by atoms with Crippen molar-refractivity contribution >= 4 is 11.6 Å². The Morgan fingerprint density at radius 2 is 1.93 bits per heavy atom. The number of anilines is 1. The van der Waals surface area contributed by atoms with Crippen molar-refractivity contribution in [1.82, 2.24) is 35.6 Å². The van der Waals surface area contributed by atoms with Gasteiger partial charge in [0.1, 0.15) is 19.0 Å². The van der Waals surface area contributed by atoms with Crippen molar-refractivity contribution in [2.75, 3.05) is 5.32 Å². The van der Waals surface area contributed by atoms with Crippen LogP contribution in [0, 0.1) is 0 Å². The Morgan fingerprint density at radius 3 is 2.72 bits per heavy atom. The van der Waals surface area contributed by atoms with Gasteiger partial charge in [-0.1, -0.05) is 6.07 Å². The summed E-state index contributed by atoms with van der Waals surface area (Å²) in [5, 5.41) is 7.68. The van der Waals surface area contributed by atoms with Crippen LogP contribution in [0.5, 0.6) is 0 Å². The minimum absolute atomic E-state index is 0.0478. The monoisotopic (exact) mass is 393 g/mol. The number of nitrogens with zero attached hydrogens (tertiary/aromatic N) is 5. The molecule has 4 rings (SSSR count). The van der Waals surface area contributed by atoms with Crippen molar-refractivity contribution in [2.45, 2.75) is 37.4 Å². The summed E-state index contributed by atoms with van der Waals surface area (Å²) in [6, 6.07) is 7.79. The zero-order valence-electron chi connectivity index (χ0n) is 15.8. The van der Waals surface area contributed by atoms with Crippen LogP contribution in [0.15, 0.2) is 55.6 Å². The Morgan fingerprint density at radius 1 is 1.10 bits per heavy atom. The van der Waals surface area contributed by atoms with Crippen LogP contribution < -0.4 is 21.9 Å². The predicted molar refractivity (Wildman–Crippen MR) is 107 cm³/mol. The highest BCUT2D eigenvalue weighted by atomic mass is 16.2. The van der Waals surface area contributed by atoms with E-state index >= 15 is 0 Å².